The van der Waals surface area contributed by atoms with Gasteiger partial charge < -0.3 is 10.2 Å². The maximum atomic E-state index is 4.50. The molecule has 1 fully saturated rings. The zero-order chi connectivity index (χ0) is 13.0. The second kappa shape index (κ2) is 6.19. The summed E-state index contributed by atoms with van der Waals surface area (Å²) >= 11 is 0. The van der Waals surface area contributed by atoms with Crippen LogP contribution in [0.3, 0.4) is 0 Å². The molecule has 3 heteroatoms. The molecule has 100 valence electrons. The van der Waals surface area contributed by atoms with E-state index >= 15 is 0 Å². The monoisotopic (exact) mass is 247 g/mol. The van der Waals surface area contributed by atoms with Crippen molar-refractivity contribution in [2.24, 2.45) is 5.92 Å². The van der Waals surface area contributed by atoms with Crippen molar-refractivity contribution in [1.29, 1.82) is 0 Å². The third-order valence-electron chi connectivity index (χ3n) is 3.27. The molecule has 1 aliphatic carbocycles. The second-order valence-electron chi connectivity index (χ2n) is 5.61. The van der Waals surface area contributed by atoms with E-state index in [-0.39, 0.29) is 0 Å². The van der Waals surface area contributed by atoms with E-state index in [1.807, 2.05) is 6.20 Å². The molecule has 0 saturated heterocycles. The number of rotatable bonds is 7. The van der Waals surface area contributed by atoms with E-state index < -0.39 is 0 Å². The van der Waals surface area contributed by atoms with Crippen LogP contribution in [0.15, 0.2) is 18.3 Å². The van der Waals surface area contributed by atoms with Gasteiger partial charge in [-0.25, -0.2) is 4.98 Å². The number of pyridine rings is 1. The van der Waals surface area contributed by atoms with Gasteiger partial charge in [-0.3, -0.25) is 0 Å². The van der Waals surface area contributed by atoms with Crippen LogP contribution in [0.2, 0.25) is 0 Å². The highest BCUT2D eigenvalue weighted by atomic mass is 15.2. The predicted octanol–water partition coefficient (Wildman–Crippen LogP) is 2.82. The fourth-order valence-electron chi connectivity index (χ4n) is 2.12. The van der Waals surface area contributed by atoms with Gasteiger partial charge in [0.1, 0.15) is 5.82 Å². The molecule has 0 amide bonds. The number of aromatic nitrogens is 1. The van der Waals surface area contributed by atoms with Crippen LogP contribution in [0.5, 0.6) is 0 Å². The molecule has 1 aliphatic rings. The van der Waals surface area contributed by atoms with Crippen LogP contribution in [-0.2, 0) is 6.54 Å². The first-order chi connectivity index (χ1) is 8.69. The molecule has 3 nitrogen and oxygen atoms in total. The smallest absolute Gasteiger partial charge is 0.128 e. The summed E-state index contributed by atoms with van der Waals surface area (Å²) in [6.45, 7) is 9.76. The van der Waals surface area contributed by atoms with Crippen molar-refractivity contribution in [3.05, 3.63) is 23.9 Å². The normalized spacial score (nSPS) is 15.1. The molecule has 1 N–H and O–H groups in total. The molecule has 2 rings (SSSR count). The molecule has 0 aliphatic heterocycles. The highest BCUT2D eigenvalue weighted by Crippen LogP contribution is 2.20. The van der Waals surface area contributed by atoms with Crippen LogP contribution in [-0.4, -0.2) is 24.1 Å². The van der Waals surface area contributed by atoms with E-state index in [2.05, 4.69) is 48.1 Å². The topological polar surface area (TPSA) is 28.2 Å². The fourth-order valence-corrected chi connectivity index (χ4v) is 2.12. The van der Waals surface area contributed by atoms with Gasteiger partial charge in [0.25, 0.3) is 0 Å². The molecule has 1 saturated carbocycles. The summed E-state index contributed by atoms with van der Waals surface area (Å²) in [5.74, 6) is 1.78. The first-order valence-corrected chi connectivity index (χ1v) is 7.12. The summed E-state index contributed by atoms with van der Waals surface area (Å²) in [5, 5.41) is 3.55. The third-order valence-corrected chi connectivity index (χ3v) is 3.27. The first-order valence-electron chi connectivity index (χ1n) is 7.12. The largest absolute Gasteiger partial charge is 0.357 e. The molecule has 1 aromatic rings. The minimum atomic E-state index is 0.667. The minimum absolute atomic E-state index is 0.667. The van der Waals surface area contributed by atoms with E-state index in [0.717, 1.165) is 31.5 Å². The van der Waals surface area contributed by atoms with Gasteiger partial charge in [0, 0.05) is 31.9 Å². The van der Waals surface area contributed by atoms with Crippen molar-refractivity contribution in [2.75, 3.05) is 18.0 Å². The van der Waals surface area contributed by atoms with Gasteiger partial charge in [0.2, 0.25) is 0 Å². The van der Waals surface area contributed by atoms with Crippen LogP contribution < -0.4 is 10.2 Å². The third kappa shape index (κ3) is 3.98. The maximum absolute atomic E-state index is 4.50. The van der Waals surface area contributed by atoms with Gasteiger partial charge in [0.15, 0.2) is 0 Å². The molecule has 0 aromatic carbocycles. The predicted molar refractivity (Wildman–Crippen MR) is 76.8 cm³/mol. The average molecular weight is 247 g/mol. The Labute approximate surface area is 111 Å². The van der Waals surface area contributed by atoms with Crippen molar-refractivity contribution >= 4 is 5.82 Å². The summed E-state index contributed by atoms with van der Waals surface area (Å²) < 4.78 is 0. The number of hydrogen-bond acceptors (Lipinski definition) is 3. The second-order valence-corrected chi connectivity index (χ2v) is 5.61. The number of nitrogens with one attached hydrogen (secondary N) is 1. The fraction of sp³-hybridized carbons (Fsp3) is 0.667. The Morgan fingerprint density at radius 2 is 2.22 bits per heavy atom. The summed E-state index contributed by atoms with van der Waals surface area (Å²) in [6, 6.07) is 5.10. The molecule has 18 heavy (non-hydrogen) atoms. The summed E-state index contributed by atoms with van der Waals surface area (Å²) in [6.07, 6.45) is 4.61. The van der Waals surface area contributed by atoms with Crippen LogP contribution >= 0.6 is 0 Å². The highest BCUT2D eigenvalue weighted by molar-refractivity contribution is 5.40. The van der Waals surface area contributed by atoms with Crippen molar-refractivity contribution < 1.29 is 0 Å². The molecule has 1 aromatic heterocycles. The van der Waals surface area contributed by atoms with E-state index in [4.69, 9.17) is 0 Å². The lowest BCUT2D eigenvalue weighted by Crippen LogP contribution is -2.28. The summed E-state index contributed by atoms with van der Waals surface area (Å²) in [5.41, 5.74) is 1.34. The zero-order valence-electron chi connectivity index (χ0n) is 11.8. The van der Waals surface area contributed by atoms with Gasteiger partial charge in [-0.05, 0) is 43.4 Å². The molecular weight excluding hydrogens is 222 g/mol. The number of anilines is 1. The molecule has 0 unspecified atom stereocenters. The van der Waals surface area contributed by atoms with Crippen molar-refractivity contribution in [3.63, 3.8) is 0 Å². The van der Waals surface area contributed by atoms with Crippen LogP contribution in [0.1, 0.15) is 39.2 Å². The molecule has 0 spiro atoms. The molecule has 0 radical (unpaired) electrons. The Kier molecular flexibility index (Phi) is 4.59. The van der Waals surface area contributed by atoms with Gasteiger partial charge in [-0.1, -0.05) is 13.8 Å². The quantitative estimate of drug-likeness (QED) is 0.803. The molecule has 0 bridgehead atoms. The Bertz CT molecular complexity index is 372. The molecule has 1 heterocycles. The summed E-state index contributed by atoms with van der Waals surface area (Å²) in [7, 11) is 0. The van der Waals surface area contributed by atoms with Gasteiger partial charge >= 0.3 is 0 Å². The Morgan fingerprint density at radius 1 is 1.44 bits per heavy atom. The van der Waals surface area contributed by atoms with E-state index in [9.17, 15) is 0 Å². The van der Waals surface area contributed by atoms with Crippen molar-refractivity contribution in [3.8, 4) is 0 Å². The van der Waals surface area contributed by atoms with Gasteiger partial charge in [-0.15, -0.1) is 0 Å². The van der Waals surface area contributed by atoms with Gasteiger partial charge in [-0.2, -0.15) is 0 Å². The van der Waals surface area contributed by atoms with E-state index in [1.54, 1.807) is 0 Å². The highest BCUT2D eigenvalue weighted by Gasteiger charge is 2.20. The summed E-state index contributed by atoms with van der Waals surface area (Å²) in [4.78, 5) is 6.86. The number of hydrogen-bond donors (Lipinski definition) is 1. The Morgan fingerprint density at radius 3 is 2.83 bits per heavy atom. The minimum Gasteiger partial charge on any atom is -0.357 e. The zero-order valence-corrected chi connectivity index (χ0v) is 11.8. The van der Waals surface area contributed by atoms with Gasteiger partial charge in [0.05, 0.1) is 0 Å². The Hall–Kier alpha value is -1.09. The standard InChI is InChI=1S/C15H25N3/c1-4-18(11-12(2)3)15-9-13(7-8-16-15)10-17-14-5-6-14/h7-9,12,14,17H,4-6,10-11H2,1-3H3. The maximum Gasteiger partial charge on any atom is 0.128 e. The van der Waals surface area contributed by atoms with Crippen molar-refractivity contribution in [2.45, 2.75) is 46.2 Å². The van der Waals surface area contributed by atoms with Crippen LogP contribution in [0, 0.1) is 5.92 Å². The van der Waals surface area contributed by atoms with E-state index in [0.29, 0.717) is 5.92 Å². The average Bonchev–Trinajstić information content (AvgIpc) is 3.17. The van der Waals surface area contributed by atoms with Crippen LogP contribution in [0.25, 0.3) is 0 Å². The Balaban J connectivity index is 1.99. The lowest BCUT2D eigenvalue weighted by atomic mass is 10.2. The molecular formula is C15H25N3. The first kappa shape index (κ1) is 13.3. The van der Waals surface area contributed by atoms with E-state index in [1.165, 1.54) is 18.4 Å². The lowest BCUT2D eigenvalue weighted by molar-refractivity contribution is 0.613. The van der Waals surface area contributed by atoms with Crippen LogP contribution in [0.4, 0.5) is 5.82 Å². The number of nitrogens with zero attached hydrogens (tertiary/aromatic N) is 2. The SMILES string of the molecule is CCN(CC(C)C)c1cc(CNC2CC2)ccn1. The van der Waals surface area contributed by atoms with Crippen molar-refractivity contribution in [1.82, 2.24) is 10.3 Å². The lowest BCUT2D eigenvalue weighted by Gasteiger charge is -2.24. The molecule has 0 atom stereocenters.